The van der Waals surface area contributed by atoms with Gasteiger partial charge in [0, 0.05) is 5.02 Å². The third kappa shape index (κ3) is 5.24. The molecule has 1 N–H and O–H groups in total. The average Bonchev–Trinajstić information content (AvgIpc) is 3.38. The number of amides is 1. The number of furan rings is 1. The maximum Gasteiger partial charge on any atom is 0.293 e. The van der Waals surface area contributed by atoms with Crippen molar-refractivity contribution in [2.75, 3.05) is 5.32 Å². The molecule has 32 heavy (non-hydrogen) atoms. The quantitative estimate of drug-likeness (QED) is 0.342. The summed E-state index contributed by atoms with van der Waals surface area (Å²) in [6.45, 7) is 2.60. The number of nitrogens with zero attached hydrogens (tertiary/aromatic N) is 3. The number of carbonyl (C=O) groups excluding carboxylic acids is 1. The number of anilines is 1. The highest BCUT2D eigenvalue weighted by atomic mass is 35.5. The van der Waals surface area contributed by atoms with Crippen LogP contribution in [0.15, 0.2) is 59.3 Å². The Morgan fingerprint density at radius 2 is 1.88 bits per heavy atom. The largest absolute Gasteiger partial charge is 0.483 e. The number of ether oxygens (including phenoxy) is 1. The number of aromatic nitrogens is 3. The van der Waals surface area contributed by atoms with Crippen LogP contribution in [0.25, 0.3) is 0 Å². The third-order valence-electron chi connectivity index (χ3n) is 4.56. The van der Waals surface area contributed by atoms with Gasteiger partial charge in [-0.15, -0.1) is 5.10 Å². The highest BCUT2D eigenvalue weighted by molar-refractivity contribution is 6.40. The summed E-state index contributed by atoms with van der Waals surface area (Å²) in [5.74, 6) is 0.482. The van der Waals surface area contributed by atoms with Crippen LogP contribution >= 0.6 is 34.8 Å². The molecule has 4 rings (SSSR count). The lowest BCUT2D eigenvalue weighted by molar-refractivity contribution is 0.0991. The zero-order valence-electron chi connectivity index (χ0n) is 16.8. The Hall–Kier alpha value is -3.00. The van der Waals surface area contributed by atoms with Crippen molar-refractivity contribution in [3.63, 3.8) is 0 Å². The van der Waals surface area contributed by atoms with Gasteiger partial charge >= 0.3 is 0 Å². The first-order valence-corrected chi connectivity index (χ1v) is 10.6. The molecule has 2 aromatic carbocycles. The van der Waals surface area contributed by atoms with Crippen LogP contribution in [-0.4, -0.2) is 20.7 Å². The Kier molecular flexibility index (Phi) is 6.69. The first-order valence-electron chi connectivity index (χ1n) is 9.50. The molecule has 1 amide bonds. The molecule has 0 atom stereocenters. The summed E-state index contributed by atoms with van der Waals surface area (Å²) in [5, 5.41) is 7.86. The van der Waals surface area contributed by atoms with E-state index < -0.39 is 5.91 Å². The Labute approximate surface area is 198 Å². The smallest absolute Gasteiger partial charge is 0.293 e. The van der Waals surface area contributed by atoms with Crippen molar-refractivity contribution >= 4 is 46.7 Å². The van der Waals surface area contributed by atoms with Gasteiger partial charge in [-0.1, -0.05) is 59.1 Å². The van der Waals surface area contributed by atoms with E-state index in [4.69, 9.17) is 44.0 Å². The summed E-state index contributed by atoms with van der Waals surface area (Å²) >= 11 is 18.1. The molecule has 0 spiro atoms. The van der Waals surface area contributed by atoms with Crippen LogP contribution in [0.3, 0.4) is 0 Å². The number of nitrogens with one attached hydrogen (secondary N) is 1. The first-order chi connectivity index (χ1) is 15.4. The van der Waals surface area contributed by atoms with Gasteiger partial charge in [0.05, 0.1) is 16.6 Å². The first kappa shape index (κ1) is 22.2. The molecule has 164 valence electrons. The van der Waals surface area contributed by atoms with Crippen molar-refractivity contribution in [3.8, 4) is 5.75 Å². The fourth-order valence-electron chi connectivity index (χ4n) is 2.94. The summed E-state index contributed by atoms with van der Waals surface area (Å²) in [7, 11) is 0. The SMILES string of the molecule is Cc1ccccc1Cn1cnc(NC(=O)c2ccc(COc3c(Cl)cc(Cl)cc3Cl)o2)n1. The van der Waals surface area contributed by atoms with Gasteiger partial charge in [0.1, 0.15) is 18.7 Å². The van der Waals surface area contributed by atoms with Crippen LogP contribution in [-0.2, 0) is 13.2 Å². The van der Waals surface area contributed by atoms with Gasteiger partial charge in [0.15, 0.2) is 11.5 Å². The van der Waals surface area contributed by atoms with E-state index in [1.165, 1.54) is 18.2 Å². The van der Waals surface area contributed by atoms with Crippen molar-refractivity contribution in [1.82, 2.24) is 14.8 Å². The van der Waals surface area contributed by atoms with E-state index in [0.717, 1.165) is 11.1 Å². The van der Waals surface area contributed by atoms with E-state index in [0.29, 0.717) is 17.3 Å². The molecule has 0 aliphatic rings. The molecule has 0 saturated carbocycles. The molecular formula is C22H17Cl3N4O3. The molecule has 7 nitrogen and oxygen atoms in total. The molecule has 2 heterocycles. The molecule has 0 saturated heterocycles. The lowest BCUT2D eigenvalue weighted by Crippen LogP contribution is -2.12. The summed E-state index contributed by atoms with van der Waals surface area (Å²) in [6, 6.07) is 14.2. The second-order valence-electron chi connectivity index (χ2n) is 6.90. The van der Waals surface area contributed by atoms with E-state index in [1.807, 2.05) is 31.2 Å². The summed E-state index contributed by atoms with van der Waals surface area (Å²) < 4.78 is 12.8. The zero-order chi connectivity index (χ0) is 22.7. The van der Waals surface area contributed by atoms with Crippen molar-refractivity contribution in [2.45, 2.75) is 20.1 Å². The van der Waals surface area contributed by atoms with Crippen LogP contribution in [0.1, 0.15) is 27.4 Å². The number of hydrogen-bond acceptors (Lipinski definition) is 5. The number of rotatable bonds is 7. The second-order valence-corrected chi connectivity index (χ2v) is 8.15. The summed E-state index contributed by atoms with van der Waals surface area (Å²) in [5.41, 5.74) is 2.27. The highest BCUT2D eigenvalue weighted by Crippen LogP contribution is 2.36. The average molecular weight is 492 g/mol. The van der Waals surface area contributed by atoms with Gasteiger partial charge < -0.3 is 9.15 Å². The van der Waals surface area contributed by atoms with E-state index in [-0.39, 0.29) is 34.1 Å². The molecule has 2 aromatic heterocycles. The van der Waals surface area contributed by atoms with Crippen molar-refractivity contribution < 1.29 is 13.9 Å². The molecular weight excluding hydrogens is 475 g/mol. The maximum atomic E-state index is 12.5. The molecule has 0 aliphatic carbocycles. The summed E-state index contributed by atoms with van der Waals surface area (Å²) in [4.78, 5) is 16.6. The fraction of sp³-hybridized carbons (Fsp3) is 0.136. The van der Waals surface area contributed by atoms with Gasteiger partial charge in [-0.25, -0.2) is 9.67 Å². The second kappa shape index (κ2) is 9.65. The van der Waals surface area contributed by atoms with Crippen LogP contribution in [0.5, 0.6) is 5.75 Å². The number of benzene rings is 2. The number of halogens is 3. The monoisotopic (exact) mass is 490 g/mol. The van der Waals surface area contributed by atoms with Crippen LogP contribution < -0.4 is 10.1 Å². The molecule has 10 heteroatoms. The number of aryl methyl sites for hydroxylation is 1. The minimum Gasteiger partial charge on any atom is -0.483 e. The van der Waals surface area contributed by atoms with Gasteiger partial charge in [0.2, 0.25) is 5.95 Å². The van der Waals surface area contributed by atoms with Gasteiger partial charge in [-0.3, -0.25) is 10.1 Å². The fourth-order valence-corrected chi connectivity index (χ4v) is 3.87. The molecule has 0 radical (unpaired) electrons. The topological polar surface area (TPSA) is 82.2 Å². The predicted molar refractivity (Wildman–Crippen MR) is 123 cm³/mol. The number of hydrogen-bond donors (Lipinski definition) is 1. The Balaban J connectivity index is 1.36. The predicted octanol–water partition coefficient (Wildman–Crippen LogP) is 6.02. The van der Waals surface area contributed by atoms with E-state index >= 15 is 0 Å². The van der Waals surface area contributed by atoms with Crippen LogP contribution in [0, 0.1) is 6.92 Å². The highest BCUT2D eigenvalue weighted by Gasteiger charge is 2.15. The Morgan fingerprint density at radius 3 is 2.62 bits per heavy atom. The standard InChI is InChI=1S/C22H17Cl3N4O3/c1-13-4-2-3-5-14(13)10-29-12-26-22(28-29)27-21(30)19-7-6-16(32-19)11-31-20-17(24)8-15(23)9-18(20)25/h2-9,12H,10-11H2,1H3,(H,27,28,30). The van der Waals surface area contributed by atoms with Crippen molar-refractivity contribution in [2.24, 2.45) is 0 Å². The van der Waals surface area contributed by atoms with E-state index in [2.05, 4.69) is 15.4 Å². The maximum absolute atomic E-state index is 12.5. The van der Waals surface area contributed by atoms with Crippen molar-refractivity contribution in [3.05, 3.63) is 92.6 Å². The normalized spacial score (nSPS) is 10.9. The Bertz CT molecular complexity index is 1250. The van der Waals surface area contributed by atoms with Gasteiger partial charge in [0.25, 0.3) is 5.91 Å². The van der Waals surface area contributed by atoms with Crippen LogP contribution in [0.2, 0.25) is 15.1 Å². The lowest BCUT2D eigenvalue weighted by atomic mass is 10.1. The van der Waals surface area contributed by atoms with E-state index in [1.54, 1.807) is 17.1 Å². The summed E-state index contributed by atoms with van der Waals surface area (Å²) in [6.07, 6.45) is 1.56. The molecule has 0 aliphatic heterocycles. The number of carbonyl (C=O) groups is 1. The van der Waals surface area contributed by atoms with E-state index in [9.17, 15) is 4.79 Å². The molecule has 0 fully saturated rings. The van der Waals surface area contributed by atoms with Crippen molar-refractivity contribution in [1.29, 1.82) is 0 Å². The molecule has 4 aromatic rings. The minimum atomic E-state index is -0.479. The lowest BCUT2D eigenvalue weighted by Gasteiger charge is -2.09. The Morgan fingerprint density at radius 1 is 1.12 bits per heavy atom. The molecule has 0 unspecified atom stereocenters. The van der Waals surface area contributed by atoms with Gasteiger partial charge in [-0.05, 0) is 42.3 Å². The third-order valence-corrected chi connectivity index (χ3v) is 5.34. The minimum absolute atomic E-state index is 0.0255. The molecule has 0 bridgehead atoms. The van der Waals surface area contributed by atoms with Gasteiger partial charge in [-0.2, -0.15) is 0 Å². The van der Waals surface area contributed by atoms with Crippen LogP contribution in [0.4, 0.5) is 5.95 Å². The zero-order valence-corrected chi connectivity index (χ0v) is 19.1.